The number of fused-ring (bicyclic) bond motifs is 1. The molecule has 0 fully saturated rings. The Morgan fingerprint density at radius 3 is 2.38 bits per heavy atom. The van der Waals surface area contributed by atoms with Crippen LogP contribution in [0.15, 0.2) is 30.5 Å². The summed E-state index contributed by atoms with van der Waals surface area (Å²) in [5, 5.41) is 21.6. The fourth-order valence-corrected chi connectivity index (χ4v) is 1.44. The van der Waals surface area contributed by atoms with Crippen molar-refractivity contribution in [1.29, 1.82) is 0 Å². The first-order valence-electron chi connectivity index (χ1n) is 4.28. The van der Waals surface area contributed by atoms with Crippen molar-refractivity contribution in [1.82, 2.24) is 4.98 Å². The zero-order valence-corrected chi connectivity index (χ0v) is 7.86. The maximum Gasteiger partial charge on any atom is 0.364 e. The molecule has 0 saturated heterocycles. The Kier molecular flexibility index (Phi) is 2.20. The van der Waals surface area contributed by atoms with Crippen LogP contribution in [0.5, 0.6) is 0 Å². The molecule has 0 spiro atoms. The number of aromatic nitrogens is 1. The number of benzene rings is 1. The normalized spacial score (nSPS) is 10.2. The smallest absolute Gasteiger partial charge is 0.258 e. The van der Waals surface area contributed by atoms with Gasteiger partial charge in [0.05, 0.1) is 20.7 Å². The molecule has 0 aliphatic carbocycles. The van der Waals surface area contributed by atoms with Crippen LogP contribution in [0.25, 0.3) is 10.9 Å². The first kappa shape index (κ1) is 9.97. The van der Waals surface area contributed by atoms with Gasteiger partial charge in [0.2, 0.25) is 0 Å². The van der Waals surface area contributed by atoms with Gasteiger partial charge in [0.25, 0.3) is 0 Å². The third-order valence-electron chi connectivity index (χ3n) is 2.11. The Morgan fingerprint density at radius 1 is 1.06 bits per heavy atom. The van der Waals surface area contributed by atoms with Crippen molar-refractivity contribution in [3.8, 4) is 0 Å². The van der Waals surface area contributed by atoms with E-state index < -0.39 is 21.2 Å². The van der Waals surface area contributed by atoms with Crippen LogP contribution in [0.3, 0.4) is 0 Å². The predicted octanol–water partition coefficient (Wildman–Crippen LogP) is 2.05. The van der Waals surface area contributed by atoms with E-state index in [1.165, 1.54) is 6.07 Å². The number of rotatable bonds is 2. The Labute approximate surface area is 88.6 Å². The standard InChI is InChI=1S/C9H5N3O4/c13-11(14)8-5-10-7-4-2-1-3-6(7)9(8)12(15)16/h1-5H. The van der Waals surface area contributed by atoms with Gasteiger partial charge in [-0.2, -0.15) is 0 Å². The van der Waals surface area contributed by atoms with E-state index >= 15 is 0 Å². The van der Waals surface area contributed by atoms with Crippen molar-refractivity contribution >= 4 is 22.3 Å². The van der Waals surface area contributed by atoms with Crippen LogP contribution in [0.4, 0.5) is 11.4 Å². The maximum absolute atomic E-state index is 10.8. The lowest BCUT2D eigenvalue weighted by Crippen LogP contribution is -1.98. The zero-order chi connectivity index (χ0) is 11.7. The van der Waals surface area contributed by atoms with E-state index in [0.29, 0.717) is 5.52 Å². The lowest BCUT2D eigenvalue weighted by molar-refractivity contribution is -0.421. The Morgan fingerprint density at radius 2 is 1.75 bits per heavy atom. The molecule has 16 heavy (non-hydrogen) atoms. The van der Waals surface area contributed by atoms with Gasteiger partial charge in [-0.15, -0.1) is 0 Å². The van der Waals surface area contributed by atoms with Crippen molar-refractivity contribution < 1.29 is 9.85 Å². The molecule has 7 nitrogen and oxygen atoms in total. The predicted molar refractivity (Wildman–Crippen MR) is 55.1 cm³/mol. The van der Waals surface area contributed by atoms with E-state index in [9.17, 15) is 20.2 Å². The van der Waals surface area contributed by atoms with Gasteiger partial charge in [-0.05, 0) is 12.1 Å². The quantitative estimate of drug-likeness (QED) is 0.568. The van der Waals surface area contributed by atoms with Gasteiger partial charge in [-0.1, -0.05) is 12.1 Å². The summed E-state index contributed by atoms with van der Waals surface area (Å²) in [4.78, 5) is 23.7. The number of pyridine rings is 1. The van der Waals surface area contributed by atoms with E-state index in [2.05, 4.69) is 4.98 Å². The molecule has 0 radical (unpaired) electrons. The maximum atomic E-state index is 10.8. The number of hydrogen-bond acceptors (Lipinski definition) is 5. The minimum Gasteiger partial charge on any atom is -0.258 e. The van der Waals surface area contributed by atoms with Gasteiger partial charge in [0, 0.05) is 0 Å². The highest BCUT2D eigenvalue weighted by molar-refractivity contribution is 5.91. The molecule has 0 amide bonds. The molecule has 0 bridgehead atoms. The van der Waals surface area contributed by atoms with Crippen LogP contribution in [0.1, 0.15) is 0 Å². The first-order valence-corrected chi connectivity index (χ1v) is 4.28. The number of nitrogens with zero attached hydrogens (tertiary/aromatic N) is 3. The number of hydrogen-bond donors (Lipinski definition) is 0. The molecular formula is C9H5N3O4. The lowest BCUT2D eigenvalue weighted by atomic mass is 10.2. The van der Waals surface area contributed by atoms with Gasteiger partial charge < -0.3 is 0 Å². The van der Waals surface area contributed by atoms with Gasteiger partial charge in [-0.25, -0.2) is 4.98 Å². The van der Waals surface area contributed by atoms with Gasteiger partial charge in [-0.3, -0.25) is 20.2 Å². The minimum absolute atomic E-state index is 0.168. The van der Waals surface area contributed by atoms with E-state index in [-0.39, 0.29) is 5.39 Å². The molecule has 0 saturated carbocycles. The molecule has 80 valence electrons. The largest absolute Gasteiger partial charge is 0.364 e. The highest BCUT2D eigenvalue weighted by Crippen LogP contribution is 2.32. The minimum atomic E-state index is -0.808. The second kappa shape index (κ2) is 3.54. The summed E-state index contributed by atoms with van der Waals surface area (Å²) < 4.78 is 0. The van der Waals surface area contributed by atoms with E-state index in [1.54, 1.807) is 18.2 Å². The zero-order valence-electron chi connectivity index (χ0n) is 7.86. The summed E-state index contributed by atoms with van der Waals surface area (Å²) in [5.74, 6) is 0. The highest BCUT2D eigenvalue weighted by Gasteiger charge is 2.27. The van der Waals surface area contributed by atoms with E-state index in [1.807, 2.05) is 0 Å². The SMILES string of the molecule is O=[N+]([O-])c1cnc2ccccc2c1[N+](=O)[O-]. The Bertz CT molecular complexity index is 596. The van der Waals surface area contributed by atoms with Crippen molar-refractivity contribution in [2.24, 2.45) is 0 Å². The van der Waals surface area contributed by atoms with Crippen molar-refractivity contribution in [3.05, 3.63) is 50.7 Å². The third kappa shape index (κ3) is 1.44. The summed E-state index contributed by atoms with van der Waals surface area (Å²) in [6, 6.07) is 6.23. The summed E-state index contributed by atoms with van der Waals surface area (Å²) in [7, 11) is 0. The van der Waals surface area contributed by atoms with Crippen molar-refractivity contribution in [2.45, 2.75) is 0 Å². The van der Waals surface area contributed by atoms with Gasteiger partial charge in [0.15, 0.2) is 0 Å². The molecule has 1 aromatic carbocycles. The molecule has 0 aliphatic rings. The summed E-state index contributed by atoms with van der Waals surface area (Å²) >= 11 is 0. The summed E-state index contributed by atoms with van der Waals surface area (Å²) in [6.07, 6.45) is 0.903. The molecule has 0 N–H and O–H groups in total. The fourth-order valence-electron chi connectivity index (χ4n) is 1.44. The Balaban J connectivity index is 2.90. The molecule has 0 unspecified atom stereocenters. The molecule has 7 heteroatoms. The van der Waals surface area contributed by atoms with E-state index in [0.717, 1.165) is 6.20 Å². The average Bonchev–Trinajstić information content (AvgIpc) is 2.27. The van der Waals surface area contributed by atoms with Crippen LogP contribution in [0, 0.1) is 20.2 Å². The van der Waals surface area contributed by atoms with Crippen LogP contribution in [-0.4, -0.2) is 14.8 Å². The van der Waals surface area contributed by atoms with Crippen LogP contribution >= 0.6 is 0 Å². The van der Waals surface area contributed by atoms with Gasteiger partial charge in [0.1, 0.15) is 6.20 Å². The second-order valence-electron chi connectivity index (χ2n) is 3.02. The Hall–Kier alpha value is -2.57. The highest BCUT2D eigenvalue weighted by atomic mass is 16.6. The molecule has 0 aliphatic heterocycles. The number of para-hydroxylation sites is 1. The van der Waals surface area contributed by atoms with Crippen molar-refractivity contribution in [3.63, 3.8) is 0 Å². The lowest BCUT2D eigenvalue weighted by Gasteiger charge is -1.98. The van der Waals surface area contributed by atoms with Crippen LogP contribution in [-0.2, 0) is 0 Å². The molecule has 1 aromatic heterocycles. The average molecular weight is 219 g/mol. The monoisotopic (exact) mass is 219 g/mol. The molecule has 1 heterocycles. The molecule has 2 rings (SSSR count). The fraction of sp³-hybridized carbons (Fsp3) is 0. The summed E-state index contributed by atoms with van der Waals surface area (Å²) in [5.41, 5.74) is -0.751. The third-order valence-corrected chi connectivity index (χ3v) is 2.11. The summed E-state index contributed by atoms with van der Waals surface area (Å²) in [6.45, 7) is 0. The molecule has 2 aromatic rings. The van der Waals surface area contributed by atoms with E-state index in [4.69, 9.17) is 0 Å². The second-order valence-corrected chi connectivity index (χ2v) is 3.02. The van der Waals surface area contributed by atoms with Crippen molar-refractivity contribution in [2.75, 3.05) is 0 Å². The topological polar surface area (TPSA) is 99.2 Å². The first-order chi connectivity index (χ1) is 7.61. The number of nitro groups is 2. The van der Waals surface area contributed by atoms with Gasteiger partial charge >= 0.3 is 11.4 Å². The van der Waals surface area contributed by atoms with Crippen LogP contribution in [0.2, 0.25) is 0 Å². The van der Waals surface area contributed by atoms with Crippen LogP contribution < -0.4 is 0 Å². The molecular weight excluding hydrogens is 214 g/mol. The molecule has 0 atom stereocenters.